The number of amides is 1. The van der Waals surface area contributed by atoms with Crippen LogP contribution in [0.1, 0.15) is 29.9 Å². The number of hydrogen-bond donors (Lipinski definition) is 1. The summed E-state index contributed by atoms with van der Waals surface area (Å²) >= 11 is 0. The Morgan fingerprint density at radius 3 is 2.45 bits per heavy atom. The average Bonchev–Trinajstić information content (AvgIpc) is 2.94. The maximum atomic E-state index is 12.1. The van der Waals surface area contributed by atoms with Gasteiger partial charge in [0.1, 0.15) is 5.69 Å². The topological polar surface area (TPSA) is 60.3 Å². The molecule has 22 heavy (non-hydrogen) atoms. The predicted octanol–water partition coefficient (Wildman–Crippen LogP) is 2.77. The van der Waals surface area contributed by atoms with Crippen molar-refractivity contribution in [3.8, 4) is 0 Å². The molecule has 0 radical (unpaired) electrons. The Morgan fingerprint density at radius 2 is 1.91 bits per heavy atom. The molecule has 0 bridgehead atoms. The van der Waals surface area contributed by atoms with Crippen molar-refractivity contribution in [1.82, 2.24) is 4.57 Å². The first kappa shape index (κ1) is 15.8. The number of anilines is 1. The molecule has 0 spiro atoms. The van der Waals surface area contributed by atoms with Gasteiger partial charge in [-0.2, -0.15) is 0 Å². The molecule has 5 nitrogen and oxygen atoms in total. The van der Waals surface area contributed by atoms with Crippen LogP contribution in [0.15, 0.2) is 42.6 Å². The van der Waals surface area contributed by atoms with Crippen molar-refractivity contribution in [3.63, 3.8) is 0 Å². The number of rotatable bonds is 5. The van der Waals surface area contributed by atoms with Gasteiger partial charge in [-0.15, -0.1) is 0 Å². The van der Waals surface area contributed by atoms with E-state index in [2.05, 4.69) is 12.2 Å². The van der Waals surface area contributed by atoms with Crippen LogP contribution in [-0.4, -0.2) is 22.5 Å². The molecule has 1 N–H and O–H groups in total. The number of aromatic nitrogens is 1. The highest BCUT2D eigenvalue weighted by molar-refractivity contribution is 5.96. The number of hydrogen-bond acceptors (Lipinski definition) is 3. The molecule has 0 fully saturated rings. The zero-order chi connectivity index (χ0) is 16.1. The van der Waals surface area contributed by atoms with Crippen molar-refractivity contribution < 1.29 is 14.3 Å². The lowest BCUT2D eigenvalue weighted by Crippen LogP contribution is -2.30. The number of nitrogens with zero attached hydrogens (tertiary/aromatic N) is 1. The van der Waals surface area contributed by atoms with Crippen LogP contribution >= 0.6 is 0 Å². The van der Waals surface area contributed by atoms with Crippen LogP contribution < -0.4 is 5.32 Å². The molecular formula is C17H20N2O3. The second-order valence-electron chi connectivity index (χ2n) is 5.09. The van der Waals surface area contributed by atoms with Crippen molar-refractivity contribution in [3.05, 3.63) is 53.9 Å². The van der Waals surface area contributed by atoms with Crippen LogP contribution in [0.2, 0.25) is 0 Å². The van der Waals surface area contributed by atoms with Crippen LogP contribution in [-0.2, 0) is 23.0 Å². The molecule has 2 aromatic rings. The van der Waals surface area contributed by atoms with Gasteiger partial charge in [-0.25, -0.2) is 4.79 Å². The zero-order valence-electron chi connectivity index (χ0n) is 13.0. The molecule has 5 heteroatoms. The van der Waals surface area contributed by atoms with Gasteiger partial charge >= 0.3 is 5.97 Å². The lowest BCUT2D eigenvalue weighted by Gasteiger charge is -2.14. The smallest absolute Gasteiger partial charge is 0.355 e. The summed E-state index contributed by atoms with van der Waals surface area (Å²) < 4.78 is 6.83. The monoisotopic (exact) mass is 300 g/mol. The van der Waals surface area contributed by atoms with Gasteiger partial charge in [-0.3, -0.25) is 4.79 Å². The molecule has 0 aliphatic carbocycles. The number of carbonyl (C=O) groups is 2. The van der Waals surface area contributed by atoms with Crippen molar-refractivity contribution in [2.75, 3.05) is 5.32 Å². The quantitative estimate of drug-likeness (QED) is 0.864. The van der Waals surface area contributed by atoms with Gasteiger partial charge in [-0.05, 0) is 43.2 Å². The van der Waals surface area contributed by atoms with E-state index in [1.807, 2.05) is 24.3 Å². The molecule has 1 heterocycles. The molecule has 2 rings (SSSR count). The van der Waals surface area contributed by atoms with E-state index in [1.165, 1.54) is 5.56 Å². The average molecular weight is 300 g/mol. The predicted molar refractivity (Wildman–Crippen MR) is 84.7 cm³/mol. The van der Waals surface area contributed by atoms with E-state index in [4.69, 9.17) is 4.74 Å². The molecular weight excluding hydrogens is 280 g/mol. The van der Waals surface area contributed by atoms with Gasteiger partial charge in [0.2, 0.25) is 0 Å². The Hall–Kier alpha value is -2.56. The first-order chi connectivity index (χ1) is 10.5. The van der Waals surface area contributed by atoms with Gasteiger partial charge in [0.25, 0.3) is 5.91 Å². The van der Waals surface area contributed by atoms with E-state index >= 15 is 0 Å². The van der Waals surface area contributed by atoms with Gasteiger partial charge in [0.05, 0.1) is 0 Å². The van der Waals surface area contributed by atoms with Gasteiger partial charge < -0.3 is 14.6 Å². The summed E-state index contributed by atoms with van der Waals surface area (Å²) in [6, 6.07) is 11.0. The summed E-state index contributed by atoms with van der Waals surface area (Å²) in [6.07, 6.45) is 1.82. The van der Waals surface area contributed by atoms with E-state index in [0.717, 1.165) is 6.42 Å². The Labute approximate surface area is 129 Å². The van der Waals surface area contributed by atoms with Gasteiger partial charge in [-0.1, -0.05) is 19.1 Å². The third-order valence-corrected chi connectivity index (χ3v) is 3.44. The summed E-state index contributed by atoms with van der Waals surface area (Å²) in [4.78, 5) is 24.0. The van der Waals surface area contributed by atoms with E-state index in [1.54, 1.807) is 36.9 Å². The number of aryl methyl sites for hydroxylation is 2. The highest BCUT2D eigenvalue weighted by Gasteiger charge is 2.20. The molecule has 1 atom stereocenters. The molecule has 0 aliphatic rings. The number of ether oxygens (including phenoxy) is 1. The van der Waals surface area contributed by atoms with E-state index in [9.17, 15) is 9.59 Å². The highest BCUT2D eigenvalue weighted by atomic mass is 16.5. The normalized spacial score (nSPS) is 11.8. The van der Waals surface area contributed by atoms with Crippen molar-refractivity contribution in [2.45, 2.75) is 26.4 Å². The largest absolute Gasteiger partial charge is 0.448 e. The number of benzene rings is 1. The van der Waals surface area contributed by atoms with Gasteiger partial charge in [0, 0.05) is 18.9 Å². The summed E-state index contributed by atoms with van der Waals surface area (Å²) in [5, 5.41) is 2.74. The molecule has 1 aromatic carbocycles. The molecule has 0 unspecified atom stereocenters. The SMILES string of the molecule is CCc1ccc(NC(=O)[C@H](C)OC(=O)c2cccn2C)cc1. The molecule has 0 aliphatic heterocycles. The third kappa shape index (κ3) is 3.75. The maximum Gasteiger partial charge on any atom is 0.355 e. The molecule has 116 valence electrons. The second kappa shape index (κ2) is 6.93. The minimum Gasteiger partial charge on any atom is -0.448 e. The fourth-order valence-electron chi connectivity index (χ4n) is 2.02. The lowest BCUT2D eigenvalue weighted by atomic mass is 10.1. The number of carbonyl (C=O) groups excluding carboxylic acids is 2. The summed E-state index contributed by atoms with van der Waals surface area (Å²) in [5.41, 5.74) is 2.29. The van der Waals surface area contributed by atoms with Crippen molar-refractivity contribution in [2.24, 2.45) is 7.05 Å². The maximum absolute atomic E-state index is 12.1. The Kier molecular flexibility index (Phi) is 4.99. The first-order valence-electron chi connectivity index (χ1n) is 7.23. The Bertz CT molecular complexity index is 659. The minimum absolute atomic E-state index is 0.355. The fraction of sp³-hybridized carbons (Fsp3) is 0.294. The summed E-state index contributed by atoms with van der Waals surface area (Å²) in [6.45, 7) is 3.62. The third-order valence-electron chi connectivity index (χ3n) is 3.44. The van der Waals surface area contributed by atoms with Gasteiger partial charge in [0.15, 0.2) is 6.10 Å². The second-order valence-corrected chi connectivity index (χ2v) is 5.09. The fourth-order valence-corrected chi connectivity index (χ4v) is 2.02. The summed E-state index contributed by atoms with van der Waals surface area (Å²) in [7, 11) is 1.75. The van der Waals surface area contributed by atoms with Crippen LogP contribution in [0.5, 0.6) is 0 Å². The molecule has 1 amide bonds. The molecule has 0 saturated carbocycles. The minimum atomic E-state index is -0.867. The molecule has 1 aromatic heterocycles. The van der Waals surface area contributed by atoms with Crippen LogP contribution in [0.3, 0.4) is 0 Å². The Morgan fingerprint density at radius 1 is 1.23 bits per heavy atom. The van der Waals surface area contributed by atoms with Crippen molar-refractivity contribution in [1.29, 1.82) is 0 Å². The standard InChI is InChI=1S/C17H20N2O3/c1-4-13-7-9-14(10-8-13)18-16(20)12(2)22-17(21)15-6-5-11-19(15)3/h5-12H,4H2,1-3H3,(H,18,20)/t12-/m0/s1. The zero-order valence-corrected chi connectivity index (χ0v) is 13.0. The number of esters is 1. The summed E-state index contributed by atoms with van der Waals surface area (Å²) in [5.74, 6) is -0.872. The lowest BCUT2D eigenvalue weighted by molar-refractivity contribution is -0.123. The number of nitrogens with one attached hydrogen (secondary N) is 1. The van der Waals surface area contributed by atoms with E-state index < -0.39 is 12.1 Å². The van der Waals surface area contributed by atoms with Crippen molar-refractivity contribution >= 4 is 17.6 Å². The first-order valence-corrected chi connectivity index (χ1v) is 7.23. The van der Waals surface area contributed by atoms with E-state index in [0.29, 0.717) is 11.4 Å². The Balaban J connectivity index is 1.94. The van der Waals surface area contributed by atoms with Crippen LogP contribution in [0.25, 0.3) is 0 Å². The van der Waals surface area contributed by atoms with Crippen LogP contribution in [0, 0.1) is 0 Å². The highest BCUT2D eigenvalue weighted by Crippen LogP contribution is 2.11. The van der Waals surface area contributed by atoms with E-state index in [-0.39, 0.29) is 5.91 Å². The molecule has 0 saturated heterocycles. The van der Waals surface area contributed by atoms with Crippen LogP contribution in [0.4, 0.5) is 5.69 Å².